The van der Waals surface area contributed by atoms with E-state index in [1.165, 1.54) is 10.9 Å². The van der Waals surface area contributed by atoms with Crippen LogP contribution in [0.25, 0.3) is 5.65 Å². The molecule has 0 radical (unpaired) electrons. The van der Waals surface area contributed by atoms with Crippen LogP contribution in [0.15, 0.2) is 48.8 Å². The fourth-order valence-electron chi connectivity index (χ4n) is 3.68. The Bertz CT molecular complexity index is 1420. The minimum Gasteiger partial charge on any atom is -0.321 e. The van der Waals surface area contributed by atoms with Crippen LogP contribution in [0.2, 0.25) is 0 Å². The molecule has 1 aliphatic rings. The van der Waals surface area contributed by atoms with Gasteiger partial charge in [0.05, 0.1) is 11.9 Å². The van der Waals surface area contributed by atoms with Crippen molar-refractivity contribution in [2.75, 3.05) is 10.6 Å². The summed E-state index contributed by atoms with van der Waals surface area (Å²) in [6, 6.07) is 9.70. The maximum absolute atomic E-state index is 13.7. The van der Waals surface area contributed by atoms with E-state index in [-0.39, 0.29) is 34.2 Å². The van der Waals surface area contributed by atoms with Crippen molar-refractivity contribution in [3.8, 4) is 0 Å². The van der Waals surface area contributed by atoms with Gasteiger partial charge in [-0.2, -0.15) is 23.4 Å². The average Bonchev–Trinajstić information content (AvgIpc) is 3.46. The van der Waals surface area contributed by atoms with E-state index in [1.54, 1.807) is 30.3 Å². The van der Waals surface area contributed by atoms with Gasteiger partial charge in [-0.05, 0) is 38.0 Å². The third-order valence-electron chi connectivity index (χ3n) is 5.60. The van der Waals surface area contributed by atoms with Crippen LogP contribution in [0, 0.1) is 0 Å². The molecule has 2 amide bonds. The van der Waals surface area contributed by atoms with E-state index in [4.69, 9.17) is 0 Å². The minimum atomic E-state index is -4.67. The minimum absolute atomic E-state index is 0.0388. The largest absolute Gasteiger partial charge is 0.433 e. The summed E-state index contributed by atoms with van der Waals surface area (Å²) in [5.41, 5.74) is -0.442. The van der Waals surface area contributed by atoms with E-state index in [9.17, 15) is 22.8 Å². The van der Waals surface area contributed by atoms with Gasteiger partial charge in [-0.25, -0.2) is 9.50 Å². The number of nitrogens with one attached hydrogen (secondary N) is 2. The summed E-state index contributed by atoms with van der Waals surface area (Å²) in [5.74, 6) is -1.37. The van der Waals surface area contributed by atoms with E-state index in [0.717, 1.165) is 25.1 Å². The Balaban J connectivity index is 1.48. The zero-order valence-corrected chi connectivity index (χ0v) is 18.5. The first kappa shape index (κ1) is 22.6. The van der Waals surface area contributed by atoms with E-state index in [2.05, 4.69) is 25.8 Å². The van der Waals surface area contributed by atoms with Gasteiger partial charge in [-0.1, -0.05) is 18.2 Å². The number of benzene rings is 1. The van der Waals surface area contributed by atoms with Gasteiger partial charge < -0.3 is 10.6 Å². The summed E-state index contributed by atoms with van der Waals surface area (Å²) >= 11 is 0. The molecule has 1 saturated carbocycles. The van der Waals surface area contributed by atoms with E-state index in [1.807, 2.05) is 6.92 Å². The summed E-state index contributed by atoms with van der Waals surface area (Å²) in [6.07, 6.45) is -0.667. The van der Waals surface area contributed by atoms with Crippen LogP contribution in [0.3, 0.4) is 0 Å². The highest BCUT2D eigenvalue weighted by Crippen LogP contribution is 2.41. The first-order chi connectivity index (χ1) is 16.7. The highest BCUT2D eigenvalue weighted by molar-refractivity contribution is 6.13. The number of para-hydroxylation sites is 1. The number of anilines is 2. The number of fused-ring (bicyclic) bond motifs is 1. The van der Waals surface area contributed by atoms with Crippen molar-refractivity contribution in [2.45, 2.75) is 38.4 Å². The van der Waals surface area contributed by atoms with Gasteiger partial charge in [0.25, 0.3) is 11.8 Å². The molecule has 0 bridgehead atoms. The highest BCUT2D eigenvalue weighted by atomic mass is 19.4. The van der Waals surface area contributed by atoms with Crippen LogP contribution in [0.1, 0.15) is 57.9 Å². The van der Waals surface area contributed by atoms with Crippen molar-refractivity contribution in [2.24, 2.45) is 0 Å². The molecule has 35 heavy (non-hydrogen) atoms. The van der Waals surface area contributed by atoms with Gasteiger partial charge in [-0.15, -0.1) is 0 Å². The molecule has 2 N–H and O–H groups in total. The lowest BCUT2D eigenvalue weighted by Crippen LogP contribution is -2.19. The standard InChI is InChI=1S/C23H20F3N7O2/c1-2-32-12-17(19(31-32)22(35)28-14-6-4-3-5-7-14)30-21(34)15-11-27-33-18(23(24,25)26)10-16(13-8-9-13)29-20(15)33/h3-7,10-13H,2,8-9H2,1H3,(H,28,35)(H,30,34). The van der Waals surface area contributed by atoms with Gasteiger partial charge in [0.1, 0.15) is 11.3 Å². The Morgan fingerprint density at radius 2 is 1.86 bits per heavy atom. The molecule has 1 fully saturated rings. The molecule has 1 aliphatic carbocycles. The Morgan fingerprint density at radius 1 is 1.11 bits per heavy atom. The summed E-state index contributed by atoms with van der Waals surface area (Å²) in [5, 5.41) is 13.3. The van der Waals surface area contributed by atoms with Crippen LogP contribution in [0.4, 0.5) is 24.5 Å². The normalized spacial score (nSPS) is 13.7. The SMILES string of the molecule is CCn1cc(NC(=O)c2cnn3c(C(F)(F)F)cc(C4CC4)nc23)c(C(=O)Nc2ccccc2)n1. The Morgan fingerprint density at radius 3 is 2.51 bits per heavy atom. The van der Waals surface area contributed by atoms with Crippen molar-refractivity contribution in [1.82, 2.24) is 24.4 Å². The van der Waals surface area contributed by atoms with Crippen molar-refractivity contribution in [3.63, 3.8) is 0 Å². The second kappa shape index (κ2) is 8.53. The summed E-state index contributed by atoms with van der Waals surface area (Å²) in [4.78, 5) is 30.3. The second-order valence-corrected chi connectivity index (χ2v) is 8.15. The monoisotopic (exact) mass is 483 g/mol. The molecule has 4 aromatic rings. The third kappa shape index (κ3) is 4.46. The van der Waals surface area contributed by atoms with Crippen LogP contribution < -0.4 is 10.6 Å². The number of rotatable bonds is 6. The van der Waals surface area contributed by atoms with Crippen LogP contribution in [-0.2, 0) is 12.7 Å². The molecule has 0 aliphatic heterocycles. The quantitative estimate of drug-likeness (QED) is 0.424. The fraction of sp³-hybridized carbons (Fsp3) is 0.261. The first-order valence-electron chi connectivity index (χ1n) is 11.0. The number of nitrogens with zero attached hydrogens (tertiary/aromatic N) is 5. The number of aromatic nitrogens is 5. The van der Waals surface area contributed by atoms with Crippen LogP contribution in [-0.4, -0.2) is 36.2 Å². The van der Waals surface area contributed by atoms with Gasteiger partial charge in [0.2, 0.25) is 0 Å². The second-order valence-electron chi connectivity index (χ2n) is 8.15. The number of alkyl halides is 3. The lowest BCUT2D eigenvalue weighted by Gasteiger charge is -2.11. The lowest BCUT2D eigenvalue weighted by molar-refractivity contribution is -0.142. The summed E-state index contributed by atoms with van der Waals surface area (Å²) in [7, 11) is 0. The van der Waals surface area contributed by atoms with E-state index < -0.39 is 23.7 Å². The summed E-state index contributed by atoms with van der Waals surface area (Å²) < 4.78 is 43.1. The molecule has 3 aromatic heterocycles. The number of hydrogen-bond donors (Lipinski definition) is 2. The Hall–Kier alpha value is -4.22. The molecule has 0 atom stereocenters. The van der Waals surface area contributed by atoms with Crippen molar-refractivity contribution < 1.29 is 22.8 Å². The third-order valence-corrected chi connectivity index (χ3v) is 5.60. The molecular weight excluding hydrogens is 463 g/mol. The van der Waals surface area contributed by atoms with Crippen molar-refractivity contribution >= 4 is 28.8 Å². The smallest absolute Gasteiger partial charge is 0.321 e. The molecule has 180 valence electrons. The predicted octanol–water partition coefficient (Wildman–Crippen LogP) is 4.35. The molecule has 0 unspecified atom stereocenters. The number of carbonyl (C=O) groups is 2. The maximum atomic E-state index is 13.7. The molecule has 9 nitrogen and oxygen atoms in total. The number of carbonyl (C=O) groups excluding carboxylic acids is 2. The highest BCUT2D eigenvalue weighted by Gasteiger charge is 2.38. The van der Waals surface area contributed by atoms with Gasteiger partial charge >= 0.3 is 6.18 Å². The molecule has 1 aromatic carbocycles. The zero-order valence-electron chi connectivity index (χ0n) is 18.5. The molecule has 0 spiro atoms. The van der Waals surface area contributed by atoms with Crippen molar-refractivity contribution in [1.29, 1.82) is 0 Å². The Kier molecular flexibility index (Phi) is 5.50. The van der Waals surface area contributed by atoms with Gasteiger partial charge in [0, 0.05) is 30.0 Å². The number of halogens is 3. The molecule has 3 heterocycles. The first-order valence-corrected chi connectivity index (χ1v) is 11.0. The number of aryl methyl sites for hydroxylation is 1. The molecule has 0 saturated heterocycles. The molecule has 5 rings (SSSR count). The number of hydrogen-bond acceptors (Lipinski definition) is 5. The lowest BCUT2D eigenvalue weighted by atomic mass is 10.2. The van der Waals surface area contributed by atoms with Crippen LogP contribution in [0.5, 0.6) is 0 Å². The topological polar surface area (TPSA) is 106 Å². The maximum Gasteiger partial charge on any atom is 0.433 e. The molecular formula is C23H20F3N7O2. The Labute approximate surface area is 197 Å². The van der Waals surface area contributed by atoms with Gasteiger partial charge in [0.15, 0.2) is 11.3 Å². The number of amides is 2. The van der Waals surface area contributed by atoms with E-state index in [0.29, 0.717) is 16.7 Å². The predicted molar refractivity (Wildman–Crippen MR) is 120 cm³/mol. The molecule has 12 heteroatoms. The summed E-state index contributed by atoms with van der Waals surface area (Å²) in [6.45, 7) is 2.24. The average molecular weight is 483 g/mol. The fourth-order valence-corrected chi connectivity index (χ4v) is 3.68. The zero-order chi connectivity index (χ0) is 24.7. The van der Waals surface area contributed by atoms with Crippen molar-refractivity contribution in [3.05, 3.63) is 71.4 Å². The van der Waals surface area contributed by atoms with E-state index >= 15 is 0 Å². The van der Waals surface area contributed by atoms with Gasteiger partial charge in [-0.3, -0.25) is 14.3 Å². The van der Waals surface area contributed by atoms with Crippen LogP contribution >= 0.6 is 0 Å².